The first kappa shape index (κ1) is 32.5. The van der Waals surface area contributed by atoms with E-state index in [0.29, 0.717) is 22.9 Å². The number of allylic oxidation sites excluding steroid dienone is 5. The molecule has 0 aliphatic heterocycles. The van der Waals surface area contributed by atoms with Crippen molar-refractivity contribution in [3.63, 3.8) is 0 Å². The van der Waals surface area contributed by atoms with Gasteiger partial charge in [-0.2, -0.15) is 4.58 Å². The van der Waals surface area contributed by atoms with E-state index in [1.165, 1.54) is 6.07 Å². The molecule has 0 aromatic heterocycles. The molecule has 0 N–H and O–H groups in total. The Morgan fingerprint density at radius 1 is 0.689 bits per heavy atom. The maximum Gasteiger partial charge on any atom is 0.205 e. The summed E-state index contributed by atoms with van der Waals surface area (Å²) in [7, 11) is -4.74. The van der Waals surface area contributed by atoms with E-state index in [0.717, 1.165) is 59.8 Å². The zero-order chi connectivity index (χ0) is 31.6. The number of rotatable bonds is 12. The lowest BCUT2D eigenvalue weighted by atomic mass is 9.90. The van der Waals surface area contributed by atoms with Gasteiger partial charge in [0.2, 0.25) is 11.4 Å². The highest BCUT2D eigenvalue weighted by Gasteiger charge is 2.21. The molecule has 0 spiro atoms. The average Bonchev–Trinajstić information content (AvgIpc) is 3.07. The average molecular weight is 658 g/mol. The zero-order valence-electron chi connectivity index (χ0n) is 24.7. The summed E-state index contributed by atoms with van der Waals surface area (Å²) in [6.45, 7) is 1.48. The predicted molar refractivity (Wildman–Crippen MR) is 186 cm³/mol. The maximum absolute atomic E-state index is 12.4. The van der Waals surface area contributed by atoms with E-state index in [1.807, 2.05) is 85.0 Å². The molecule has 0 bridgehead atoms. The Morgan fingerprint density at radius 2 is 1.27 bits per heavy atom. The number of hydrogen-bond donors (Lipinski definition) is 0. The van der Waals surface area contributed by atoms with Gasteiger partial charge in [-0.1, -0.05) is 66.7 Å². The molecular weight excluding hydrogens is 623 g/mol. The summed E-state index contributed by atoms with van der Waals surface area (Å²) in [5.74, 6) is 1.09. The number of alkyl halides is 2. The third kappa shape index (κ3) is 8.02. The quantitative estimate of drug-likeness (QED) is 0.0869. The molecule has 5 nitrogen and oxygen atoms in total. The lowest BCUT2D eigenvalue weighted by Gasteiger charge is -2.25. The third-order valence-electron chi connectivity index (χ3n) is 7.53. The minimum absolute atomic E-state index is 0.255. The van der Waals surface area contributed by atoms with Gasteiger partial charge in [0.25, 0.3) is 0 Å². The molecule has 45 heavy (non-hydrogen) atoms. The van der Waals surface area contributed by atoms with Gasteiger partial charge in [0.15, 0.2) is 6.54 Å². The van der Waals surface area contributed by atoms with E-state index in [1.54, 1.807) is 18.2 Å². The summed E-state index contributed by atoms with van der Waals surface area (Å²) in [4.78, 5) is 1.95. The van der Waals surface area contributed by atoms with Crippen molar-refractivity contribution < 1.29 is 17.5 Å². The first-order valence-corrected chi connectivity index (χ1v) is 17.3. The Labute approximate surface area is 275 Å². The van der Waals surface area contributed by atoms with Crippen molar-refractivity contribution in [1.29, 1.82) is 0 Å². The number of hydrogen-bond acceptors (Lipinski definition) is 4. The molecule has 1 aliphatic rings. The molecule has 230 valence electrons. The number of para-hydroxylation sites is 2. The van der Waals surface area contributed by atoms with Crippen molar-refractivity contribution in [2.24, 2.45) is 0 Å². The van der Waals surface area contributed by atoms with Crippen LogP contribution >= 0.6 is 23.2 Å². The number of anilines is 2. The summed E-state index contributed by atoms with van der Waals surface area (Å²) in [5, 5.41) is 0. The first-order chi connectivity index (χ1) is 21.9. The van der Waals surface area contributed by atoms with Crippen LogP contribution in [0.2, 0.25) is 0 Å². The standard InChI is InChI=1S/C37H34Cl2N2O3S/c38-25-9-27-40(31-11-3-1-4-12-31)33-21-17-29(18-22-33)37(35-15-7-8-16-36(35)45(42,43)44)30-19-23-34(24-20-30)41(28-10-26-39)32-13-5-2-6-14-32/h1-8,11-24H,9-10,25-28H2. The Balaban J connectivity index is 1.63. The summed E-state index contributed by atoms with van der Waals surface area (Å²) in [6.07, 6.45) is 9.59. The van der Waals surface area contributed by atoms with Gasteiger partial charge in [0, 0.05) is 65.9 Å². The molecular formula is C37H34Cl2N2O3S. The van der Waals surface area contributed by atoms with Crippen LogP contribution in [0.1, 0.15) is 24.0 Å². The monoisotopic (exact) mass is 656 g/mol. The highest BCUT2D eigenvalue weighted by atomic mass is 35.5. The van der Waals surface area contributed by atoms with Crippen LogP contribution in [0.15, 0.2) is 144 Å². The van der Waals surface area contributed by atoms with E-state index in [4.69, 9.17) is 23.2 Å². The molecule has 1 aliphatic carbocycles. The Kier molecular flexibility index (Phi) is 11.1. The molecule has 0 unspecified atom stereocenters. The van der Waals surface area contributed by atoms with Gasteiger partial charge in [-0.25, -0.2) is 8.42 Å². The molecule has 0 radical (unpaired) electrons. The van der Waals surface area contributed by atoms with Gasteiger partial charge in [0.05, 0.1) is 4.90 Å². The summed E-state index contributed by atoms with van der Waals surface area (Å²) >= 11 is 12.1. The van der Waals surface area contributed by atoms with Gasteiger partial charge >= 0.3 is 0 Å². The van der Waals surface area contributed by atoms with Crippen LogP contribution in [0.5, 0.6) is 0 Å². The van der Waals surface area contributed by atoms with Gasteiger partial charge < -0.3 is 9.45 Å². The molecule has 5 rings (SSSR count). The smallest absolute Gasteiger partial charge is 0.205 e. The van der Waals surface area contributed by atoms with Crippen molar-refractivity contribution in [2.45, 2.75) is 17.7 Å². The van der Waals surface area contributed by atoms with E-state index < -0.39 is 10.1 Å². The molecule has 4 aromatic carbocycles. The minimum atomic E-state index is -4.74. The van der Waals surface area contributed by atoms with Gasteiger partial charge in [-0.3, -0.25) is 0 Å². The third-order valence-corrected chi connectivity index (χ3v) is 8.96. The zero-order valence-corrected chi connectivity index (χ0v) is 27.1. The second-order valence-corrected chi connectivity index (χ2v) is 12.6. The van der Waals surface area contributed by atoms with Crippen LogP contribution in [0.4, 0.5) is 17.1 Å². The Bertz CT molecular complexity index is 1820. The fraction of sp³-hybridized carbons (Fsp3) is 0.162. The summed E-state index contributed by atoms with van der Waals surface area (Å²) in [5.41, 5.74) is 6.65. The Hall–Kier alpha value is -3.94. The molecule has 0 saturated carbocycles. The van der Waals surface area contributed by atoms with Crippen molar-refractivity contribution in [3.05, 3.63) is 150 Å². The largest absolute Gasteiger partial charge is 0.744 e. The number of nitrogens with zero attached hydrogens (tertiary/aromatic N) is 2. The number of benzene rings is 4. The summed E-state index contributed by atoms with van der Waals surface area (Å²) < 4.78 is 39.5. The van der Waals surface area contributed by atoms with Gasteiger partial charge in [-0.15, -0.1) is 23.2 Å². The minimum Gasteiger partial charge on any atom is -0.744 e. The van der Waals surface area contributed by atoms with Crippen molar-refractivity contribution >= 4 is 61.7 Å². The molecule has 0 atom stereocenters. The lowest BCUT2D eigenvalue weighted by molar-refractivity contribution is -0.438. The maximum atomic E-state index is 12.4. The fourth-order valence-corrected chi connectivity index (χ4v) is 6.37. The highest BCUT2D eigenvalue weighted by molar-refractivity contribution is 7.85. The van der Waals surface area contributed by atoms with Crippen LogP contribution in [-0.2, 0) is 10.1 Å². The van der Waals surface area contributed by atoms with Gasteiger partial charge in [0.1, 0.15) is 10.1 Å². The normalized spacial score (nSPS) is 12.8. The molecule has 0 saturated heterocycles. The molecule has 0 amide bonds. The molecule has 4 aromatic rings. The van der Waals surface area contributed by atoms with E-state index >= 15 is 0 Å². The predicted octanol–water partition coefficient (Wildman–Crippen LogP) is 8.70. The van der Waals surface area contributed by atoms with Crippen LogP contribution in [-0.4, -0.2) is 48.1 Å². The van der Waals surface area contributed by atoms with Crippen molar-refractivity contribution in [1.82, 2.24) is 0 Å². The Morgan fingerprint density at radius 3 is 1.89 bits per heavy atom. The number of halogens is 2. The summed E-state index contributed by atoms with van der Waals surface area (Å²) in [6, 6.07) is 34.6. The second-order valence-electron chi connectivity index (χ2n) is 10.5. The molecule has 8 heteroatoms. The second kappa shape index (κ2) is 15.4. The van der Waals surface area contributed by atoms with Gasteiger partial charge in [-0.05, 0) is 65.6 Å². The van der Waals surface area contributed by atoms with Crippen LogP contribution < -0.4 is 4.90 Å². The van der Waals surface area contributed by atoms with Crippen LogP contribution in [0, 0.1) is 0 Å². The fourth-order valence-electron chi connectivity index (χ4n) is 5.45. The van der Waals surface area contributed by atoms with E-state index in [2.05, 4.69) is 33.7 Å². The van der Waals surface area contributed by atoms with Crippen molar-refractivity contribution in [2.75, 3.05) is 29.7 Å². The SMILES string of the molecule is O=S(=O)([O-])c1ccccc1C(=C1C=CC(=[N+](CCCCl)c2ccccc2)C=C1)c1ccc(N(CCCCl)c2ccccc2)cc1. The topological polar surface area (TPSA) is 63.5 Å². The molecule has 0 fully saturated rings. The highest BCUT2D eigenvalue weighted by Crippen LogP contribution is 2.35. The van der Waals surface area contributed by atoms with Crippen LogP contribution in [0.3, 0.4) is 0 Å². The first-order valence-electron chi connectivity index (χ1n) is 14.8. The van der Waals surface area contributed by atoms with E-state index in [-0.39, 0.29) is 4.90 Å². The van der Waals surface area contributed by atoms with Crippen LogP contribution in [0.25, 0.3) is 5.57 Å². The van der Waals surface area contributed by atoms with Crippen molar-refractivity contribution in [3.8, 4) is 0 Å². The van der Waals surface area contributed by atoms with E-state index in [9.17, 15) is 13.0 Å². The lowest BCUT2D eigenvalue weighted by Crippen LogP contribution is -2.18. The molecule has 0 heterocycles.